The van der Waals surface area contributed by atoms with E-state index in [1.54, 1.807) is 24.3 Å². The lowest BCUT2D eigenvalue weighted by Crippen LogP contribution is -2.54. The maximum Gasteiger partial charge on any atom is 0.335 e. The first-order valence-corrected chi connectivity index (χ1v) is 11.5. The summed E-state index contributed by atoms with van der Waals surface area (Å²) in [5.41, 5.74) is 0.274. The van der Waals surface area contributed by atoms with E-state index in [1.165, 1.54) is 36.4 Å². The van der Waals surface area contributed by atoms with Gasteiger partial charge >= 0.3 is 6.03 Å². The van der Waals surface area contributed by atoms with Gasteiger partial charge in [0.1, 0.15) is 11.3 Å². The molecule has 0 bridgehead atoms. The highest BCUT2D eigenvalue weighted by atomic mass is 35.5. The number of nitrogens with one attached hydrogen (secondary N) is 2. The summed E-state index contributed by atoms with van der Waals surface area (Å²) in [7, 11) is 0. The summed E-state index contributed by atoms with van der Waals surface area (Å²) in [5, 5.41) is 16.2. The van der Waals surface area contributed by atoms with Crippen molar-refractivity contribution in [2.45, 2.75) is 0 Å². The number of halogens is 2. The molecule has 0 aromatic heterocycles. The Kier molecular flexibility index (Phi) is 7.70. The molecule has 2 N–H and O–H groups in total. The van der Waals surface area contributed by atoms with E-state index in [4.69, 9.17) is 27.9 Å². The molecule has 0 spiro atoms. The van der Waals surface area contributed by atoms with Crippen molar-refractivity contribution in [3.05, 3.63) is 98.0 Å². The van der Waals surface area contributed by atoms with Crippen molar-refractivity contribution in [2.24, 2.45) is 0 Å². The van der Waals surface area contributed by atoms with Crippen molar-refractivity contribution in [1.29, 1.82) is 0 Å². The topological polar surface area (TPSA) is 148 Å². The van der Waals surface area contributed by atoms with Crippen molar-refractivity contribution in [3.8, 4) is 5.75 Å². The van der Waals surface area contributed by atoms with Crippen molar-refractivity contribution in [3.63, 3.8) is 0 Å². The molecule has 0 saturated carbocycles. The van der Waals surface area contributed by atoms with Crippen LogP contribution >= 0.6 is 23.2 Å². The van der Waals surface area contributed by atoms with Crippen molar-refractivity contribution in [2.75, 3.05) is 16.8 Å². The molecule has 3 aromatic rings. The second-order valence-corrected chi connectivity index (χ2v) is 8.58. The number of nitro benzene ring substituents is 1. The number of carbonyl (C=O) groups excluding carboxylic acids is 4. The van der Waals surface area contributed by atoms with E-state index in [9.17, 15) is 29.3 Å². The zero-order chi connectivity index (χ0) is 27.4. The first kappa shape index (κ1) is 26.3. The van der Waals surface area contributed by atoms with Crippen LogP contribution in [0.2, 0.25) is 10.0 Å². The van der Waals surface area contributed by atoms with E-state index in [0.29, 0.717) is 21.2 Å². The average molecular weight is 555 g/mol. The highest BCUT2D eigenvalue weighted by molar-refractivity contribution is 6.42. The number of rotatable bonds is 7. The molecule has 11 nitrogen and oxygen atoms in total. The Morgan fingerprint density at radius 3 is 2.45 bits per heavy atom. The third-order valence-electron chi connectivity index (χ3n) is 5.16. The number of urea groups is 1. The van der Waals surface area contributed by atoms with Crippen LogP contribution in [0.1, 0.15) is 5.56 Å². The first-order valence-electron chi connectivity index (χ1n) is 10.8. The van der Waals surface area contributed by atoms with Gasteiger partial charge < -0.3 is 10.1 Å². The summed E-state index contributed by atoms with van der Waals surface area (Å²) in [5.74, 6) is -2.02. The van der Waals surface area contributed by atoms with Crippen LogP contribution in [0.25, 0.3) is 6.08 Å². The lowest BCUT2D eigenvalue weighted by atomic mass is 10.1. The van der Waals surface area contributed by atoms with Crippen LogP contribution in [0.4, 0.5) is 21.9 Å². The molecular weight excluding hydrogens is 539 g/mol. The van der Waals surface area contributed by atoms with E-state index in [1.807, 2.05) is 0 Å². The lowest BCUT2D eigenvalue weighted by molar-refractivity contribution is -0.384. The Balaban J connectivity index is 1.48. The number of nitrogens with zero attached hydrogens (tertiary/aromatic N) is 2. The number of non-ortho nitro benzene ring substituents is 1. The Bertz CT molecular complexity index is 1510. The predicted octanol–water partition coefficient (Wildman–Crippen LogP) is 4.59. The molecule has 13 heteroatoms. The van der Waals surface area contributed by atoms with Gasteiger partial charge in [0.05, 0.1) is 20.7 Å². The van der Waals surface area contributed by atoms with Gasteiger partial charge in [-0.3, -0.25) is 29.8 Å². The van der Waals surface area contributed by atoms with E-state index in [2.05, 4.69) is 10.6 Å². The van der Waals surface area contributed by atoms with Gasteiger partial charge in [-0.25, -0.2) is 9.69 Å². The fourth-order valence-corrected chi connectivity index (χ4v) is 3.69. The first-order chi connectivity index (χ1) is 18.1. The molecule has 0 aliphatic carbocycles. The van der Waals surface area contributed by atoms with Crippen LogP contribution in [0.5, 0.6) is 5.75 Å². The summed E-state index contributed by atoms with van der Waals surface area (Å²) in [6.07, 6.45) is 1.26. The molecule has 3 aromatic carbocycles. The molecule has 1 saturated heterocycles. The van der Waals surface area contributed by atoms with Crippen LogP contribution in [0, 0.1) is 10.1 Å². The number of carbonyl (C=O) groups is 4. The SMILES string of the molecule is O=C(COc1cccc(/C=C2/C(=O)NC(=O)N(c3ccc([N+](=O)[O-])cc3)C2=O)c1)Nc1ccc(Cl)c(Cl)c1. The highest BCUT2D eigenvalue weighted by Crippen LogP contribution is 2.26. The number of nitro groups is 1. The lowest BCUT2D eigenvalue weighted by Gasteiger charge is -2.26. The fourth-order valence-electron chi connectivity index (χ4n) is 3.40. The summed E-state index contributed by atoms with van der Waals surface area (Å²) >= 11 is 11.8. The molecule has 4 rings (SSSR count). The fraction of sp³-hybridized carbons (Fsp3) is 0.0400. The third-order valence-corrected chi connectivity index (χ3v) is 5.90. The number of hydrogen-bond donors (Lipinski definition) is 2. The monoisotopic (exact) mass is 554 g/mol. The van der Waals surface area contributed by atoms with Crippen LogP contribution in [-0.2, 0) is 14.4 Å². The molecule has 1 aliphatic rings. The molecule has 1 fully saturated rings. The van der Waals surface area contributed by atoms with E-state index in [0.717, 1.165) is 12.1 Å². The summed E-state index contributed by atoms with van der Waals surface area (Å²) in [6, 6.07) is 14.6. The van der Waals surface area contributed by atoms with Crippen LogP contribution in [0.15, 0.2) is 72.3 Å². The Morgan fingerprint density at radius 2 is 1.76 bits per heavy atom. The third kappa shape index (κ3) is 5.97. The van der Waals surface area contributed by atoms with Gasteiger partial charge in [0, 0.05) is 17.8 Å². The number of hydrogen-bond acceptors (Lipinski definition) is 7. The predicted molar refractivity (Wildman–Crippen MR) is 139 cm³/mol. The molecule has 192 valence electrons. The minimum absolute atomic E-state index is 0.0431. The van der Waals surface area contributed by atoms with Gasteiger partial charge in [-0.15, -0.1) is 0 Å². The van der Waals surface area contributed by atoms with Crippen molar-refractivity contribution < 1.29 is 28.8 Å². The van der Waals surface area contributed by atoms with Crippen molar-refractivity contribution in [1.82, 2.24) is 5.32 Å². The molecule has 1 aliphatic heterocycles. The zero-order valence-electron chi connectivity index (χ0n) is 19.1. The molecule has 1 heterocycles. The highest BCUT2D eigenvalue weighted by Gasteiger charge is 2.37. The maximum atomic E-state index is 13.0. The number of barbiturate groups is 1. The molecule has 0 unspecified atom stereocenters. The van der Waals surface area contributed by atoms with Crippen molar-refractivity contribution >= 4 is 70.1 Å². The number of benzene rings is 3. The summed E-state index contributed by atoms with van der Waals surface area (Å²) in [6.45, 7) is -0.345. The van der Waals surface area contributed by atoms with Crippen LogP contribution < -0.4 is 20.3 Å². The molecule has 38 heavy (non-hydrogen) atoms. The number of amides is 5. The van der Waals surface area contributed by atoms with Crippen LogP contribution in [-0.4, -0.2) is 35.3 Å². The van der Waals surface area contributed by atoms with Gasteiger partial charge in [0.25, 0.3) is 23.4 Å². The number of ether oxygens (including phenoxy) is 1. The second kappa shape index (κ2) is 11.1. The average Bonchev–Trinajstić information content (AvgIpc) is 2.88. The Labute approximate surface area is 224 Å². The smallest absolute Gasteiger partial charge is 0.335 e. The standard InChI is InChI=1S/C25H16Cl2N4O7/c26-20-9-4-15(12-21(20)27)28-22(32)13-38-18-3-1-2-14(10-18)11-19-23(33)29-25(35)30(24(19)34)16-5-7-17(8-6-16)31(36)37/h1-12H,13H2,(H,28,32)(H,29,33,35)/b19-11-. The molecule has 0 radical (unpaired) electrons. The van der Waals surface area contributed by atoms with E-state index < -0.39 is 28.7 Å². The zero-order valence-corrected chi connectivity index (χ0v) is 20.7. The summed E-state index contributed by atoms with van der Waals surface area (Å²) < 4.78 is 5.51. The molecule has 5 amide bonds. The van der Waals surface area contributed by atoms with E-state index in [-0.39, 0.29) is 34.3 Å². The number of imide groups is 2. The molecule has 0 atom stereocenters. The summed E-state index contributed by atoms with van der Waals surface area (Å²) in [4.78, 5) is 61.0. The van der Waals surface area contributed by atoms with Gasteiger partial charge in [0.15, 0.2) is 6.61 Å². The minimum atomic E-state index is -0.990. The Hall–Kier alpha value is -4.74. The second-order valence-electron chi connectivity index (χ2n) is 7.77. The van der Waals surface area contributed by atoms with Gasteiger partial charge in [0.2, 0.25) is 0 Å². The minimum Gasteiger partial charge on any atom is -0.484 e. The van der Waals surface area contributed by atoms with E-state index >= 15 is 0 Å². The van der Waals surface area contributed by atoms with Gasteiger partial charge in [-0.1, -0.05) is 35.3 Å². The normalized spacial score (nSPS) is 14.3. The van der Waals surface area contributed by atoms with Crippen LogP contribution in [0.3, 0.4) is 0 Å². The quantitative estimate of drug-likeness (QED) is 0.188. The molecular formula is C25H16Cl2N4O7. The number of anilines is 2. The van der Waals surface area contributed by atoms with Gasteiger partial charge in [-0.2, -0.15) is 0 Å². The largest absolute Gasteiger partial charge is 0.484 e. The maximum absolute atomic E-state index is 13.0. The van der Waals surface area contributed by atoms with Gasteiger partial charge in [-0.05, 0) is 54.1 Å². The Morgan fingerprint density at radius 1 is 1.03 bits per heavy atom.